The van der Waals surface area contributed by atoms with Crippen LogP contribution in [0, 0.1) is 0 Å². The topological polar surface area (TPSA) is 6.48 Å². The van der Waals surface area contributed by atoms with Crippen LogP contribution in [0.1, 0.15) is 0 Å². The molecule has 0 aromatic heterocycles. The first-order valence-corrected chi connectivity index (χ1v) is 19.6. The summed E-state index contributed by atoms with van der Waals surface area (Å²) in [7, 11) is 2.14. The highest BCUT2D eigenvalue weighted by Gasteiger charge is 2.20. The van der Waals surface area contributed by atoms with Crippen LogP contribution in [0.5, 0.6) is 0 Å². The molecule has 10 rings (SSSR count). The van der Waals surface area contributed by atoms with E-state index in [4.69, 9.17) is 0 Å². The summed E-state index contributed by atoms with van der Waals surface area (Å²) in [6.07, 6.45) is 0. The van der Waals surface area contributed by atoms with E-state index in [2.05, 4.69) is 241 Å². The second kappa shape index (κ2) is 14.7. The first-order chi connectivity index (χ1) is 28.2. The average Bonchev–Trinajstić information content (AvgIpc) is 3.29. The molecule has 0 heterocycles. The van der Waals surface area contributed by atoms with Gasteiger partial charge in [-0.05, 0) is 109 Å². The summed E-state index contributed by atoms with van der Waals surface area (Å²) in [5.41, 5.74) is 12.7. The van der Waals surface area contributed by atoms with Gasteiger partial charge in [-0.1, -0.05) is 170 Å². The fourth-order valence-electron chi connectivity index (χ4n) is 8.46. The molecular formula is C55H40N2. The van der Waals surface area contributed by atoms with E-state index in [-0.39, 0.29) is 0 Å². The van der Waals surface area contributed by atoms with Crippen molar-refractivity contribution in [3.63, 3.8) is 0 Å². The molecule has 0 saturated carbocycles. The predicted molar refractivity (Wildman–Crippen MR) is 244 cm³/mol. The third-order valence-corrected chi connectivity index (χ3v) is 11.3. The van der Waals surface area contributed by atoms with Crippen molar-refractivity contribution < 1.29 is 0 Å². The Morgan fingerprint density at radius 1 is 0.281 bits per heavy atom. The number of hydrogen-bond donors (Lipinski definition) is 0. The normalized spacial score (nSPS) is 11.2. The Balaban J connectivity index is 1.13. The lowest BCUT2D eigenvalue weighted by molar-refractivity contribution is 1.21. The minimum Gasteiger partial charge on any atom is -0.344 e. The molecule has 0 bridgehead atoms. The Morgan fingerprint density at radius 2 is 0.825 bits per heavy atom. The summed E-state index contributed by atoms with van der Waals surface area (Å²) < 4.78 is 0. The van der Waals surface area contributed by atoms with Gasteiger partial charge in [0, 0.05) is 40.9 Å². The van der Waals surface area contributed by atoms with Gasteiger partial charge >= 0.3 is 0 Å². The van der Waals surface area contributed by atoms with E-state index in [9.17, 15) is 0 Å². The van der Waals surface area contributed by atoms with Crippen molar-refractivity contribution in [2.45, 2.75) is 0 Å². The number of rotatable bonds is 8. The Bertz CT molecular complexity index is 3020. The average molecular weight is 729 g/mol. The first kappa shape index (κ1) is 34.1. The number of fused-ring (bicyclic) bond motifs is 5. The third-order valence-electron chi connectivity index (χ3n) is 11.3. The molecule has 10 aromatic rings. The minimum absolute atomic E-state index is 1.09. The molecule has 0 aliphatic carbocycles. The minimum atomic E-state index is 1.09. The van der Waals surface area contributed by atoms with Gasteiger partial charge in [0.2, 0.25) is 0 Å². The third kappa shape index (κ3) is 6.28. The molecule has 0 aliphatic heterocycles. The Morgan fingerprint density at radius 3 is 1.60 bits per heavy atom. The largest absolute Gasteiger partial charge is 0.344 e. The lowest BCUT2D eigenvalue weighted by Gasteiger charge is -2.29. The quantitative estimate of drug-likeness (QED) is 0.144. The van der Waals surface area contributed by atoms with E-state index in [1.807, 2.05) is 0 Å². The highest BCUT2D eigenvalue weighted by atomic mass is 15.1. The fraction of sp³-hybridized carbons (Fsp3) is 0.0182. The van der Waals surface area contributed by atoms with Crippen molar-refractivity contribution in [3.8, 4) is 33.4 Å². The molecule has 10 aromatic carbocycles. The lowest BCUT2D eigenvalue weighted by Crippen LogP contribution is -2.12. The molecule has 0 aliphatic rings. The Kier molecular flexibility index (Phi) is 8.78. The van der Waals surface area contributed by atoms with Crippen LogP contribution < -0.4 is 9.80 Å². The van der Waals surface area contributed by atoms with E-state index in [0.29, 0.717) is 0 Å². The molecule has 0 saturated heterocycles. The van der Waals surface area contributed by atoms with Crippen LogP contribution in [-0.4, -0.2) is 7.05 Å². The van der Waals surface area contributed by atoms with Crippen LogP contribution in [-0.2, 0) is 0 Å². The van der Waals surface area contributed by atoms with Crippen LogP contribution in [0.3, 0.4) is 0 Å². The maximum Gasteiger partial charge on any atom is 0.0540 e. The summed E-state index contributed by atoms with van der Waals surface area (Å²) in [6.45, 7) is 0. The zero-order chi connectivity index (χ0) is 38.1. The molecule has 0 radical (unpaired) electrons. The molecule has 0 atom stereocenters. The molecule has 0 N–H and O–H groups in total. The second-order valence-electron chi connectivity index (χ2n) is 14.6. The summed E-state index contributed by atoms with van der Waals surface area (Å²) in [4.78, 5) is 4.67. The van der Waals surface area contributed by atoms with Gasteiger partial charge in [0.05, 0.1) is 5.69 Å². The smallest absolute Gasteiger partial charge is 0.0540 e. The monoisotopic (exact) mass is 728 g/mol. The van der Waals surface area contributed by atoms with Crippen molar-refractivity contribution in [1.82, 2.24) is 0 Å². The molecular weight excluding hydrogens is 689 g/mol. The van der Waals surface area contributed by atoms with Gasteiger partial charge in [-0.15, -0.1) is 0 Å². The van der Waals surface area contributed by atoms with E-state index >= 15 is 0 Å². The standard InChI is InChI=1S/C55H40N2/c1-56(43-21-6-3-7-22-43)54-29-14-12-26-48(54)42-20-16-23-45(37-42)57(55-30-15-13-25-47(55)39-17-4-2-5-18-39)44-34-31-41(32-35-44)52-38-53-46-24-9-8-19-40(46)33-36-51(53)49-27-10-11-28-50(49)52/h2-38H,1H3. The lowest BCUT2D eigenvalue weighted by atomic mass is 9.91. The van der Waals surface area contributed by atoms with E-state index in [1.54, 1.807) is 0 Å². The first-order valence-electron chi connectivity index (χ1n) is 19.6. The maximum absolute atomic E-state index is 2.41. The zero-order valence-electron chi connectivity index (χ0n) is 31.8. The SMILES string of the molecule is CN(c1ccccc1)c1ccccc1-c1cccc(N(c2ccc(-c3cc4c5ccccc5ccc4c4ccccc34)cc2)c2ccccc2-c2ccccc2)c1. The van der Waals surface area contributed by atoms with Gasteiger partial charge in [0.15, 0.2) is 0 Å². The van der Waals surface area contributed by atoms with Crippen LogP contribution in [0.2, 0.25) is 0 Å². The second-order valence-corrected chi connectivity index (χ2v) is 14.6. The van der Waals surface area contributed by atoms with Gasteiger partial charge in [-0.2, -0.15) is 0 Å². The zero-order valence-corrected chi connectivity index (χ0v) is 31.8. The maximum atomic E-state index is 2.41. The summed E-state index contributed by atoms with van der Waals surface area (Å²) in [5, 5.41) is 7.62. The van der Waals surface area contributed by atoms with E-state index in [0.717, 1.165) is 34.0 Å². The molecule has 270 valence electrons. The molecule has 0 spiro atoms. The molecule has 0 amide bonds. The van der Waals surface area contributed by atoms with Crippen molar-refractivity contribution in [2.24, 2.45) is 0 Å². The van der Waals surface area contributed by atoms with Crippen LogP contribution >= 0.6 is 0 Å². The highest BCUT2D eigenvalue weighted by Crippen LogP contribution is 2.44. The molecule has 0 unspecified atom stereocenters. The van der Waals surface area contributed by atoms with Crippen molar-refractivity contribution in [1.29, 1.82) is 0 Å². The Hall–Kier alpha value is -7.42. The fourth-order valence-corrected chi connectivity index (χ4v) is 8.46. The van der Waals surface area contributed by atoms with Crippen LogP contribution in [0.25, 0.3) is 65.7 Å². The van der Waals surface area contributed by atoms with Gasteiger partial charge < -0.3 is 9.80 Å². The van der Waals surface area contributed by atoms with E-state index in [1.165, 1.54) is 60.1 Å². The van der Waals surface area contributed by atoms with Crippen LogP contribution in [0.15, 0.2) is 224 Å². The number of hydrogen-bond acceptors (Lipinski definition) is 2. The Labute approximate surface area is 334 Å². The van der Waals surface area contributed by atoms with E-state index < -0.39 is 0 Å². The number of para-hydroxylation sites is 3. The number of nitrogens with zero attached hydrogens (tertiary/aromatic N) is 2. The van der Waals surface area contributed by atoms with Crippen molar-refractivity contribution >= 4 is 60.8 Å². The number of anilines is 5. The molecule has 2 heteroatoms. The van der Waals surface area contributed by atoms with Crippen LogP contribution in [0.4, 0.5) is 28.4 Å². The van der Waals surface area contributed by atoms with Gasteiger partial charge in [-0.25, -0.2) is 0 Å². The summed E-state index contributed by atoms with van der Waals surface area (Å²) in [6, 6.07) is 81.2. The van der Waals surface area contributed by atoms with Gasteiger partial charge in [-0.3, -0.25) is 0 Å². The predicted octanol–water partition coefficient (Wildman–Crippen LogP) is 15.4. The molecule has 0 fully saturated rings. The van der Waals surface area contributed by atoms with Crippen molar-refractivity contribution in [2.75, 3.05) is 16.8 Å². The van der Waals surface area contributed by atoms with Gasteiger partial charge in [0.25, 0.3) is 0 Å². The molecule has 2 nitrogen and oxygen atoms in total. The van der Waals surface area contributed by atoms with Crippen molar-refractivity contribution in [3.05, 3.63) is 224 Å². The number of benzene rings is 10. The molecule has 57 heavy (non-hydrogen) atoms. The highest BCUT2D eigenvalue weighted by molar-refractivity contribution is 6.21. The van der Waals surface area contributed by atoms with Gasteiger partial charge in [0.1, 0.15) is 0 Å². The summed E-state index contributed by atoms with van der Waals surface area (Å²) >= 11 is 0. The summed E-state index contributed by atoms with van der Waals surface area (Å²) in [5.74, 6) is 0.